The molecule has 0 saturated carbocycles. The van der Waals surface area contributed by atoms with Gasteiger partial charge in [0.25, 0.3) is 0 Å². The van der Waals surface area contributed by atoms with E-state index in [1.807, 2.05) is 36.7 Å². The van der Waals surface area contributed by atoms with Crippen molar-refractivity contribution in [1.29, 1.82) is 0 Å². The summed E-state index contributed by atoms with van der Waals surface area (Å²) in [7, 11) is 1.84. The van der Waals surface area contributed by atoms with E-state index in [2.05, 4.69) is 15.5 Å². The fourth-order valence-electron chi connectivity index (χ4n) is 2.38. The summed E-state index contributed by atoms with van der Waals surface area (Å²) in [5.74, 6) is 2.15. The molecule has 1 amide bonds. The normalized spacial score (nSPS) is 12.0. The number of hydrogen-bond acceptors (Lipinski definition) is 6. The molecule has 0 fully saturated rings. The van der Waals surface area contributed by atoms with E-state index in [9.17, 15) is 4.79 Å². The van der Waals surface area contributed by atoms with Gasteiger partial charge in [0.15, 0.2) is 17.1 Å². The Hall–Kier alpha value is -2.45. The van der Waals surface area contributed by atoms with Crippen LogP contribution >= 0.6 is 23.4 Å². The van der Waals surface area contributed by atoms with Crippen molar-refractivity contribution in [2.45, 2.75) is 24.7 Å². The monoisotopic (exact) mass is 406 g/mol. The van der Waals surface area contributed by atoms with Crippen molar-refractivity contribution in [3.8, 4) is 5.75 Å². The minimum absolute atomic E-state index is 0.107. The molecule has 0 saturated heterocycles. The Labute approximate surface area is 166 Å². The predicted octanol–water partition coefficient (Wildman–Crippen LogP) is 3.61. The molecule has 0 radical (unpaired) electrons. The zero-order valence-electron chi connectivity index (χ0n) is 14.9. The standard InChI is InChI=1S/C18H19ClN4O3S/c1-12(26-14-6-3-5-13(19)9-14)17-21-22-18(23(17)2)27-11-16(24)20-10-15-7-4-8-25-15/h3-9,12H,10-11H2,1-2H3,(H,20,24). The van der Waals surface area contributed by atoms with E-state index in [1.165, 1.54) is 11.8 Å². The molecule has 1 N–H and O–H groups in total. The lowest BCUT2D eigenvalue weighted by atomic mass is 10.3. The van der Waals surface area contributed by atoms with Crippen molar-refractivity contribution >= 4 is 29.3 Å². The van der Waals surface area contributed by atoms with Crippen molar-refractivity contribution < 1.29 is 13.9 Å². The van der Waals surface area contributed by atoms with E-state index in [0.29, 0.717) is 34.1 Å². The Morgan fingerprint density at radius 3 is 2.96 bits per heavy atom. The number of nitrogens with zero attached hydrogens (tertiary/aromatic N) is 3. The molecule has 0 aliphatic rings. The van der Waals surface area contributed by atoms with Crippen LogP contribution in [0.15, 0.2) is 52.2 Å². The topological polar surface area (TPSA) is 82.2 Å². The second kappa shape index (κ2) is 8.96. The molecule has 1 aromatic carbocycles. The van der Waals surface area contributed by atoms with Crippen LogP contribution in [-0.2, 0) is 18.4 Å². The zero-order chi connectivity index (χ0) is 19.2. The molecule has 1 unspecified atom stereocenters. The molecule has 2 aromatic heterocycles. The van der Waals surface area contributed by atoms with Crippen LogP contribution in [-0.4, -0.2) is 26.4 Å². The van der Waals surface area contributed by atoms with Gasteiger partial charge in [0, 0.05) is 12.1 Å². The molecule has 142 valence electrons. The maximum Gasteiger partial charge on any atom is 0.230 e. The highest BCUT2D eigenvalue weighted by Crippen LogP contribution is 2.25. The third kappa shape index (κ3) is 5.27. The number of nitrogens with one attached hydrogen (secondary N) is 1. The molecular formula is C18H19ClN4O3S. The highest BCUT2D eigenvalue weighted by atomic mass is 35.5. The quantitative estimate of drug-likeness (QED) is 0.575. The number of carbonyl (C=O) groups excluding carboxylic acids is 1. The molecule has 0 bridgehead atoms. The fraction of sp³-hybridized carbons (Fsp3) is 0.278. The first-order valence-electron chi connectivity index (χ1n) is 8.26. The van der Waals surface area contributed by atoms with Gasteiger partial charge < -0.3 is 19.0 Å². The second-order valence-corrected chi connectivity index (χ2v) is 7.14. The maximum absolute atomic E-state index is 12.0. The van der Waals surface area contributed by atoms with Gasteiger partial charge in [-0.3, -0.25) is 4.79 Å². The van der Waals surface area contributed by atoms with Gasteiger partial charge in [-0.15, -0.1) is 10.2 Å². The largest absolute Gasteiger partial charge is 0.483 e. The van der Waals surface area contributed by atoms with Gasteiger partial charge in [-0.1, -0.05) is 29.4 Å². The third-order valence-electron chi connectivity index (χ3n) is 3.71. The van der Waals surface area contributed by atoms with Crippen molar-refractivity contribution in [3.05, 3.63) is 59.3 Å². The SMILES string of the molecule is CC(Oc1cccc(Cl)c1)c1nnc(SCC(=O)NCc2ccco2)n1C. The van der Waals surface area contributed by atoms with Crippen molar-refractivity contribution in [1.82, 2.24) is 20.1 Å². The molecule has 27 heavy (non-hydrogen) atoms. The van der Waals surface area contributed by atoms with Crippen LogP contribution in [0.2, 0.25) is 5.02 Å². The average molecular weight is 407 g/mol. The number of amides is 1. The first-order valence-corrected chi connectivity index (χ1v) is 9.62. The fourth-order valence-corrected chi connectivity index (χ4v) is 3.31. The van der Waals surface area contributed by atoms with E-state index < -0.39 is 0 Å². The summed E-state index contributed by atoms with van der Waals surface area (Å²) in [5, 5.41) is 12.4. The van der Waals surface area contributed by atoms with Crippen molar-refractivity contribution in [2.24, 2.45) is 7.05 Å². The van der Waals surface area contributed by atoms with Gasteiger partial charge in [0.2, 0.25) is 5.91 Å². The minimum Gasteiger partial charge on any atom is -0.483 e. The first kappa shape index (κ1) is 19.3. The molecule has 3 rings (SSSR count). The number of thioether (sulfide) groups is 1. The Balaban J connectivity index is 1.53. The summed E-state index contributed by atoms with van der Waals surface area (Å²) in [6.45, 7) is 2.25. The van der Waals surface area contributed by atoms with Crippen LogP contribution < -0.4 is 10.1 Å². The average Bonchev–Trinajstić information content (AvgIpc) is 3.28. The van der Waals surface area contributed by atoms with E-state index in [1.54, 1.807) is 24.5 Å². The molecule has 3 aromatic rings. The number of furan rings is 1. The van der Waals surface area contributed by atoms with E-state index >= 15 is 0 Å². The molecule has 0 aliphatic carbocycles. The molecule has 7 nitrogen and oxygen atoms in total. The Morgan fingerprint density at radius 2 is 2.22 bits per heavy atom. The van der Waals surface area contributed by atoms with E-state index in [4.69, 9.17) is 20.8 Å². The highest BCUT2D eigenvalue weighted by Gasteiger charge is 2.18. The number of aromatic nitrogens is 3. The Morgan fingerprint density at radius 1 is 1.37 bits per heavy atom. The Bertz CT molecular complexity index is 898. The summed E-state index contributed by atoms with van der Waals surface area (Å²) in [6.07, 6.45) is 1.26. The molecule has 0 spiro atoms. The minimum atomic E-state index is -0.317. The van der Waals surface area contributed by atoms with Crippen LogP contribution in [0, 0.1) is 0 Å². The van der Waals surface area contributed by atoms with Crippen LogP contribution in [0.25, 0.3) is 0 Å². The molecule has 1 atom stereocenters. The van der Waals surface area contributed by atoms with Gasteiger partial charge in [-0.05, 0) is 37.3 Å². The van der Waals surface area contributed by atoms with Crippen LogP contribution in [0.4, 0.5) is 0 Å². The summed E-state index contributed by atoms with van der Waals surface area (Å²) < 4.78 is 12.9. The third-order valence-corrected chi connectivity index (χ3v) is 4.97. The van der Waals surface area contributed by atoms with E-state index in [0.717, 1.165) is 0 Å². The molecular weight excluding hydrogens is 388 g/mol. The predicted molar refractivity (Wildman–Crippen MR) is 103 cm³/mol. The second-order valence-electron chi connectivity index (χ2n) is 5.76. The highest BCUT2D eigenvalue weighted by molar-refractivity contribution is 7.99. The van der Waals surface area contributed by atoms with Gasteiger partial charge in [-0.2, -0.15) is 0 Å². The van der Waals surface area contributed by atoms with Crippen LogP contribution in [0.1, 0.15) is 24.6 Å². The number of benzene rings is 1. The smallest absolute Gasteiger partial charge is 0.230 e. The van der Waals surface area contributed by atoms with Crippen molar-refractivity contribution in [2.75, 3.05) is 5.75 Å². The molecule has 0 aliphatic heterocycles. The number of hydrogen-bond donors (Lipinski definition) is 1. The summed E-state index contributed by atoms with van der Waals surface area (Å²) in [4.78, 5) is 12.0. The van der Waals surface area contributed by atoms with E-state index in [-0.39, 0.29) is 17.8 Å². The van der Waals surface area contributed by atoms with Gasteiger partial charge in [0.05, 0.1) is 18.6 Å². The van der Waals surface area contributed by atoms with Crippen molar-refractivity contribution in [3.63, 3.8) is 0 Å². The van der Waals surface area contributed by atoms with Gasteiger partial charge in [-0.25, -0.2) is 0 Å². The number of halogens is 1. The lowest BCUT2D eigenvalue weighted by Gasteiger charge is -2.14. The molecule has 2 heterocycles. The summed E-state index contributed by atoms with van der Waals surface area (Å²) in [5.41, 5.74) is 0. The lowest BCUT2D eigenvalue weighted by Crippen LogP contribution is -2.24. The summed E-state index contributed by atoms with van der Waals surface area (Å²) >= 11 is 7.29. The zero-order valence-corrected chi connectivity index (χ0v) is 16.5. The number of rotatable bonds is 8. The van der Waals surface area contributed by atoms with Crippen LogP contribution in [0.5, 0.6) is 5.75 Å². The maximum atomic E-state index is 12.0. The summed E-state index contributed by atoms with van der Waals surface area (Å²) in [6, 6.07) is 10.8. The van der Waals surface area contributed by atoms with Gasteiger partial charge in [0.1, 0.15) is 11.5 Å². The Kier molecular flexibility index (Phi) is 6.41. The lowest BCUT2D eigenvalue weighted by molar-refractivity contribution is -0.118. The van der Waals surface area contributed by atoms with Crippen LogP contribution in [0.3, 0.4) is 0 Å². The molecule has 9 heteroatoms. The number of carbonyl (C=O) groups is 1. The first-order chi connectivity index (χ1) is 13.0. The number of ether oxygens (including phenoxy) is 1. The van der Waals surface area contributed by atoms with Gasteiger partial charge >= 0.3 is 0 Å².